The van der Waals surface area contributed by atoms with E-state index in [4.69, 9.17) is 23.7 Å². The van der Waals surface area contributed by atoms with E-state index in [9.17, 15) is 19.8 Å². The first-order chi connectivity index (χ1) is 21.4. The molecule has 2 N–H and O–H groups in total. The highest BCUT2D eigenvalue weighted by Crippen LogP contribution is 2.47. The highest BCUT2D eigenvalue weighted by molar-refractivity contribution is 5.78. The third kappa shape index (κ3) is 6.89. The zero-order valence-electron chi connectivity index (χ0n) is 27.7. The van der Waals surface area contributed by atoms with Crippen molar-refractivity contribution in [1.82, 2.24) is 0 Å². The second-order valence-corrected chi connectivity index (χ2v) is 13.9. The molecule has 9 nitrogen and oxygen atoms in total. The third-order valence-corrected chi connectivity index (χ3v) is 10.7. The van der Waals surface area contributed by atoms with Gasteiger partial charge in [0, 0.05) is 19.3 Å². The molecular formula is C36H52O9. The predicted molar refractivity (Wildman–Crippen MR) is 168 cm³/mol. The molecule has 0 radical (unpaired) electrons. The van der Waals surface area contributed by atoms with Crippen LogP contribution in [-0.2, 0) is 33.3 Å². The Hall–Kier alpha value is -2.30. The van der Waals surface area contributed by atoms with Gasteiger partial charge in [-0.25, -0.2) is 0 Å². The molecule has 3 saturated heterocycles. The second-order valence-electron chi connectivity index (χ2n) is 13.9. The fraction of sp³-hybridized carbons (Fsp3) is 0.722. The van der Waals surface area contributed by atoms with Crippen LogP contribution in [-0.4, -0.2) is 77.3 Å². The van der Waals surface area contributed by atoms with Crippen LogP contribution in [0.3, 0.4) is 0 Å². The van der Waals surface area contributed by atoms with Crippen LogP contribution >= 0.6 is 0 Å². The van der Waals surface area contributed by atoms with Gasteiger partial charge in [0.1, 0.15) is 29.8 Å². The molecule has 4 heterocycles. The zero-order chi connectivity index (χ0) is 32.5. The first-order valence-electron chi connectivity index (χ1n) is 16.9. The molecule has 2 bridgehead atoms. The summed E-state index contributed by atoms with van der Waals surface area (Å²) in [5.41, 5.74) is 0.345. The Morgan fingerprint density at radius 3 is 2.64 bits per heavy atom. The average Bonchev–Trinajstić information content (AvgIpc) is 3.34. The molecule has 250 valence electrons. The van der Waals surface area contributed by atoms with Crippen molar-refractivity contribution in [3.8, 4) is 0 Å². The molecular weight excluding hydrogens is 576 g/mol. The number of carbonyl (C=O) groups is 2. The molecule has 0 aromatic heterocycles. The molecule has 0 unspecified atom stereocenters. The van der Waals surface area contributed by atoms with Gasteiger partial charge in [0.05, 0.1) is 31.8 Å². The minimum atomic E-state index is -1.77. The second kappa shape index (κ2) is 13.8. The summed E-state index contributed by atoms with van der Waals surface area (Å²) in [4.78, 5) is 26.7. The molecule has 5 rings (SSSR count). The Kier molecular flexibility index (Phi) is 10.5. The van der Waals surface area contributed by atoms with E-state index in [-0.39, 0.29) is 43.0 Å². The fourth-order valence-electron chi connectivity index (χ4n) is 7.98. The lowest BCUT2D eigenvalue weighted by Crippen LogP contribution is -2.58. The molecule has 11 atom stereocenters. The molecule has 0 amide bonds. The number of aliphatic hydroxyl groups is 2. The molecule has 1 aliphatic carbocycles. The van der Waals surface area contributed by atoms with Gasteiger partial charge in [0.25, 0.3) is 0 Å². The van der Waals surface area contributed by atoms with E-state index >= 15 is 0 Å². The van der Waals surface area contributed by atoms with Crippen molar-refractivity contribution in [2.75, 3.05) is 13.2 Å². The Labute approximate surface area is 267 Å². The van der Waals surface area contributed by atoms with E-state index in [0.717, 1.165) is 18.4 Å². The largest absolute Gasteiger partial charge is 0.466 e. The van der Waals surface area contributed by atoms with Gasteiger partial charge in [0.2, 0.25) is 0 Å². The van der Waals surface area contributed by atoms with Crippen molar-refractivity contribution < 1.29 is 43.5 Å². The summed E-state index contributed by atoms with van der Waals surface area (Å²) >= 11 is 0. The Bertz CT molecular complexity index is 1230. The van der Waals surface area contributed by atoms with E-state index in [1.165, 1.54) is 0 Å². The van der Waals surface area contributed by atoms with E-state index < -0.39 is 41.6 Å². The highest BCUT2D eigenvalue weighted by Gasteiger charge is 2.60. The summed E-state index contributed by atoms with van der Waals surface area (Å²) in [6.07, 6.45) is 10.8. The number of hydrogen-bond acceptors (Lipinski definition) is 9. The van der Waals surface area contributed by atoms with Gasteiger partial charge in [-0.15, -0.1) is 0 Å². The number of carbonyl (C=O) groups excluding carboxylic acids is 2. The summed E-state index contributed by atoms with van der Waals surface area (Å²) < 4.78 is 30.9. The lowest BCUT2D eigenvalue weighted by atomic mass is 9.71. The molecule has 5 aliphatic rings. The zero-order valence-corrected chi connectivity index (χ0v) is 27.7. The fourth-order valence-corrected chi connectivity index (χ4v) is 7.98. The van der Waals surface area contributed by atoms with Crippen LogP contribution < -0.4 is 0 Å². The average molecular weight is 629 g/mol. The highest BCUT2D eigenvalue weighted by atomic mass is 16.7. The number of hydrogen-bond donors (Lipinski definition) is 2. The predicted octanol–water partition coefficient (Wildman–Crippen LogP) is 5.10. The number of ether oxygens (including phenoxy) is 5. The van der Waals surface area contributed by atoms with Crippen molar-refractivity contribution in [3.05, 3.63) is 47.1 Å². The molecule has 4 aliphatic heterocycles. The van der Waals surface area contributed by atoms with Gasteiger partial charge in [0.15, 0.2) is 5.79 Å². The Morgan fingerprint density at radius 1 is 1.13 bits per heavy atom. The monoisotopic (exact) mass is 628 g/mol. The maximum absolute atomic E-state index is 14.0. The summed E-state index contributed by atoms with van der Waals surface area (Å²) in [6, 6.07) is 0. The van der Waals surface area contributed by atoms with Gasteiger partial charge in [-0.05, 0) is 68.9 Å². The van der Waals surface area contributed by atoms with Crippen molar-refractivity contribution in [2.45, 2.75) is 128 Å². The maximum atomic E-state index is 14.0. The number of esters is 2. The van der Waals surface area contributed by atoms with Gasteiger partial charge < -0.3 is 33.9 Å². The maximum Gasteiger partial charge on any atom is 0.316 e. The van der Waals surface area contributed by atoms with Crippen LogP contribution in [0.15, 0.2) is 47.1 Å². The standard InChI is InChI=1S/C36H52O9/c1-7-30-23(5)14-15-35(45-30)19-27-17-26(44-35)13-12-22(4)28(18-31(37)41-8-2)21(3)10-9-11-25-20-42-33-32(38)24(6)16-29(34(39)43-27)36(25,33)40/h9-12,16,21,23,26-30,32-33,38,40H,7-8,13-15,17-20H2,1-6H3/b10-9+,22-12+,25-11+/t21-,23-,26+,27-,28+,29-,30+,32+,33+,35+,36+/m0/s1. The number of allylic oxidation sites excluding steroid dienone is 4. The first-order valence-corrected chi connectivity index (χ1v) is 16.9. The molecule has 9 heteroatoms. The van der Waals surface area contributed by atoms with Gasteiger partial charge in [-0.3, -0.25) is 9.59 Å². The van der Waals surface area contributed by atoms with Gasteiger partial charge in [-0.1, -0.05) is 56.7 Å². The Morgan fingerprint density at radius 2 is 1.91 bits per heavy atom. The topological polar surface area (TPSA) is 121 Å². The molecule has 0 saturated carbocycles. The summed E-state index contributed by atoms with van der Waals surface area (Å²) in [6.45, 7) is 12.3. The van der Waals surface area contributed by atoms with Crippen molar-refractivity contribution >= 4 is 11.9 Å². The minimum absolute atomic E-state index is 0.0390. The normalized spacial score (nSPS) is 45.3. The van der Waals surface area contributed by atoms with E-state index in [1.807, 2.05) is 19.1 Å². The summed E-state index contributed by atoms with van der Waals surface area (Å²) in [5.74, 6) is -2.47. The van der Waals surface area contributed by atoms with Crippen molar-refractivity contribution in [3.63, 3.8) is 0 Å². The van der Waals surface area contributed by atoms with Crippen LogP contribution in [0.1, 0.15) is 86.5 Å². The molecule has 3 fully saturated rings. The molecule has 0 aromatic carbocycles. The third-order valence-electron chi connectivity index (χ3n) is 10.7. The van der Waals surface area contributed by atoms with Crippen LogP contribution in [0.4, 0.5) is 0 Å². The van der Waals surface area contributed by atoms with E-state index in [2.05, 4.69) is 26.8 Å². The molecule has 1 spiro atoms. The summed E-state index contributed by atoms with van der Waals surface area (Å²) in [7, 11) is 0. The van der Waals surface area contributed by atoms with Crippen LogP contribution in [0.2, 0.25) is 0 Å². The SMILES string of the molecule is CCOC(=O)C[C@H]1/C(C)=C/C[C@@H]2C[C@@H](C[C@]3(CC[C@H](C)[C@@H](CC)O3)O2)OC(=O)[C@@H]2C=C(C)[C@@H](O)[C@H]3OC/C(=C\C=C\[C@@H]1C)[C@]32O. The molecule has 0 aromatic rings. The molecule has 45 heavy (non-hydrogen) atoms. The van der Waals surface area contributed by atoms with E-state index in [1.54, 1.807) is 26.0 Å². The van der Waals surface area contributed by atoms with Gasteiger partial charge >= 0.3 is 11.9 Å². The van der Waals surface area contributed by atoms with Crippen LogP contribution in [0, 0.1) is 23.7 Å². The van der Waals surface area contributed by atoms with Crippen LogP contribution in [0.5, 0.6) is 0 Å². The number of rotatable bonds is 4. The van der Waals surface area contributed by atoms with Crippen molar-refractivity contribution in [2.24, 2.45) is 23.7 Å². The van der Waals surface area contributed by atoms with Crippen LogP contribution in [0.25, 0.3) is 0 Å². The minimum Gasteiger partial charge on any atom is -0.466 e. The summed E-state index contributed by atoms with van der Waals surface area (Å²) in [5, 5.41) is 23.2. The van der Waals surface area contributed by atoms with E-state index in [0.29, 0.717) is 49.4 Å². The number of fused-ring (bicyclic) bond motifs is 2. The Balaban J connectivity index is 1.55. The quantitative estimate of drug-likeness (QED) is 0.324. The lowest BCUT2D eigenvalue weighted by Gasteiger charge is -2.50. The smallest absolute Gasteiger partial charge is 0.316 e. The first kappa shape index (κ1) is 34.0. The van der Waals surface area contributed by atoms with Crippen molar-refractivity contribution in [1.29, 1.82) is 0 Å². The lowest BCUT2D eigenvalue weighted by molar-refractivity contribution is -0.335. The number of aliphatic hydroxyl groups excluding tert-OH is 1. The van der Waals surface area contributed by atoms with Gasteiger partial charge in [-0.2, -0.15) is 0 Å².